The summed E-state index contributed by atoms with van der Waals surface area (Å²) in [5.41, 5.74) is 18.1. The van der Waals surface area contributed by atoms with Gasteiger partial charge in [0.1, 0.15) is 16.3 Å². The molecule has 0 aliphatic rings. The average molecular weight is 743 g/mol. The van der Waals surface area contributed by atoms with E-state index in [4.69, 9.17) is 10.5 Å². The third-order valence-corrected chi connectivity index (χ3v) is 10.8. The largest absolute Gasteiger partial charge is 0.505 e. The first-order chi connectivity index (χ1) is 22.9. The summed E-state index contributed by atoms with van der Waals surface area (Å²) in [6, 6.07) is 11.5. The van der Waals surface area contributed by atoms with E-state index in [1.807, 2.05) is 0 Å². The third-order valence-electron chi connectivity index (χ3n) is 7.16. The number of nitrogens with one attached hydrogen (secondary N) is 4. The van der Waals surface area contributed by atoms with Gasteiger partial charge in [-0.3, -0.25) is 20.0 Å². The molecule has 0 heterocycles. The molecule has 0 atom stereocenters. The fraction of sp³-hybridized carbons (Fsp3) is 0.214. The third kappa shape index (κ3) is 8.17. The Morgan fingerprint density at radius 2 is 1.39 bits per heavy atom. The fourth-order valence-electron chi connectivity index (χ4n) is 4.77. The summed E-state index contributed by atoms with van der Waals surface area (Å²) in [4.78, 5) is -1.55. The monoisotopic (exact) mass is 742 g/mol. The molecule has 0 bridgehead atoms. The molecule has 0 unspecified atom stereocenters. The molecule has 4 rings (SSSR count). The summed E-state index contributed by atoms with van der Waals surface area (Å²) in [5, 5.41) is 29.0. The Hall–Kier alpha value is -4.61. The van der Waals surface area contributed by atoms with E-state index in [1.54, 1.807) is 19.1 Å². The van der Waals surface area contributed by atoms with E-state index < -0.39 is 64.7 Å². The molecule has 0 spiro atoms. The van der Waals surface area contributed by atoms with Crippen molar-refractivity contribution in [1.29, 1.82) is 0 Å². The lowest BCUT2D eigenvalue weighted by molar-refractivity contribution is 0.217. The second-order valence-electron chi connectivity index (χ2n) is 10.4. The summed E-state index contributed by atoms with van der Waals surface area (Å²) in [6.45, 7) is 0.542. The highest BCUT2D eigenvalue weighted by Crippen LogP contribution is 2.42. The van der Waals surface area contributed by atoms with Gasteiger partial charge in [-0.2, -0.15) is 21.1 Å². The number of nitrogen functional groups attached to an aromatic ring is 1. The van der Waals surface area contributed by atoms with Crippen LogP contribution in [0.3, 0.4) is 0 Å². The minimum atomic E-state index is -5.02. The van der Waals surface area contributed by atoms with Gasteiger partial charge in [-0.05, 0) is 66.4 Å². The second kappa shape index (κ2) is 14.5. The Labute approximate surface area is 281 Å². The van der Waals surface area contributed by atoms with Crippen LogP contribution in [0.4, 0.5) is 28.4 Å². The van der Waals surface area contributed by atoms with Crippen molar-refractivity contribution in [2.45, 2.75) is 21.6 Å². The number of phenols is 1. The molecule has 0 aliphatic heterocycles. The highest BCUT2D eigenvalue weighted by atomic mass is 32.2. The quantitative estimate of drug-likeness (QED) is 0.0359. The molecule has 0 saturated heterocycles. The van der Waals surface area contributed by atoms with E-state index in [9.17, 15) is 49.7 Å². The maximum Gasteiger partial charge on any atom is 0.296 e. The number of aliphatic hydroxyl groups is 2. The molecule has 266 valence electrons. The Morgan fingerprint density at radius 1 is 0.776 bits per heavy atom. The summed E-state index contributed by atoms with van der Waals surface area (Å²) in [7, 11) is -12.4. The van der Waals surface area contributed by atoms with Gasteiger partial charge >= 0.3 is 0 Å². The zero-order chi connectivity index (χ0) is 36.3. The number of nitrogens with zero attached hydrogens (tertiary/aromatic N) is 1. The van der Waals surface area contributed by atoms with Gasteiger partial charge in [0.05, 0.1) is 47.2 Å². The first-order valence-corrected chi connectivity index (χ1v) is 18.3. The highest BCUT2D eigenvalue weighted by Gasteiger charge is 2.26. The lowest BCUT2D eigenvalue weighted by Gasteiger charge is -2.21. The molecule has 49 heavy (non-hydrogen) atoms. The number of aliphatic hydroxyl groups excluding tert-OH is 2. The number of aromatic hydroxyl groups is 1. The summed E-state index contributed by atoms with van der Waals surface area (Å²) < 4.78 is 99.3. The van der Waals surface area contributed by atoms with Crippen molar-refractivity contribution < 1.29 is 54.4 Å². The average Bonchev–Trinajstić information content (AvgIpc) is 3.02. The van der Waals surface area contributed by atoms with Gasteiger partial charge in [0.15, 0.2) is 5.75 Å². The molecule has 4 aromatic rings. The molecule has 18 nitrogen and oxygen atoms in total. The van der Waals surface area contributed by atoms with Crippen LogP contribution in [0.1, 0.15) is 5.56 Å². The molecule has 0 aliphatic carbocycles. The van der Waals surface area contributed by atoms with Crippen LogP contribution >= 0.6 is 0 Å². The van der Waals surface area contributed by atoms with E-state index in [0.717, 1.165) is 22.5 Å². The number of benzene rings is 4. The fourth-order valence-corrected chi connectivity index (χ4v) is 7.42. The summed E-state index contributed by atoms with van der Waals surface area (Å²) in [6.07, 6.45) is 0. The Morgan fingerprint density at radius 3 is 1.94 bits per heavy atom. The van der Waals surface area contributed by atoms with Crippen molar-refractivity contribution in [3.63, 3.8) is 0 Å². The van der Waals surface area contributed by atoms with Crippen LogP contribution in [0.25, 0.3) is 10.8 Å². The second-order valence-corrected chi connectivity index (χ2v) is 15.2. The first kappa shape index (κ1) is 37.2. The molecule has 4 aromatic carbocycles. The molecule has 0 fully saturated rings. The van der Waals surface area contributed by atoms with E-state index in [2.05, 4.69) is 21.7 Å². The number of methoxy groups -OCH3 is 1. The molecule has 0 radical (unpaired) electrons. The van der Waals surface area contributed by atoms with Crippen molar-refractivity contribution in [2.24, 2.45) is 0 Å². The van der Waals surface area contributed by atoms with Crippen LogP contribution < -0.4 is 32.2 Å². The number of phenolic OH excluding ortho intramolecular Hbond substituents is 1. The summed E-state index contributed by atoms with van der Waals surface area (Å²) in [5.74, 6) is -0.550. The number of aryl methyl sites for hydroxylation is 1. The van der Waals surface area contributed by atoms with E-state index >= 15 is 0 Å². The van der Waals surface area contributed by atoms with Crippen molar-refractivity contribution in [2.75, 3.05) is 60.8 Å². The molecule has 0 amide bonds. The lowest BCUT2D eigenvalue weighted by atomic mass is 10.1. The van der Waals surface area contributed by atoms with Crippen molar-refractivity contribution in [1.82, 2.24) is 4.31 Å². The van der Waals surface area contributed by atoms with Gasteiger partial charge in [-0.1, -0.05) is 0 Å². The molecular weight excluding hydrogens is 709 g/mol. The Kier molecular flexibility index (Phi) is 11.0. The number of ether oxygens (including phenoxy) is 1. The Bertz CT molecular complexity index is 2190. The normalized spacial score (nSPS) is 12.2. The summed E-state index contributed by atoms with van der Waals surface area (Å²) >= 11 is 0. The number of hydrogen-bond donors (Lipinski definition) is 10. The first-order valence-electron chi connectivity index (χ1n) is 14.0. The van der Waals surface area contributed by atoms with Gasteiger partial charge in [0.2, 0.25) is 10.0 Å². The van der Waals surface area contributed by atoms with Gasteiger partial charge in [0.25, 0.3) is 20.2 Å². The number of fused-ring (bicyclic) bond motifs is 1. The SMILES string of the molecule is COc1cc(NNc2ccc(S(=O)(=O)N(CCO)CCO)cc2)c(C)cc1NNc1c(S(=O)(=O)O)cc2cc(S(=O)(=O)O)cc(N)c2c1O. The minimum absolute atomic E-state index is 0.0409. The van der Waals surface area contributed by atoms with Gasteiger partial charge in [-0.25, -0.2) is 8.42 Å². The number of anilines is 5. The standard InChI is InChI=1S/C28H34N6O12S3/c1-16-11-23(32-33-27-25(49(43,44)45)13-17-12-20(48(40,41)42)14-21(29)26(17)28(27)37)24(46-2)15-22(16)31-30-18-3-5-19(6-4-18)47(38,39)34(7-9-35)8-10-36/h3-6,11-15,30-33,35-37H,7-10,29H2,1-2H3,(H,40,41,42)(H,43,44,45). The zero-order valence-electron chi connectivity index (χ0n) is 25.9. The molecule has 11 N–H and O–H groups in total. The predicted octanol–water partition coefficient (Wildman–Crippen LogP) is 1.79. The maximum atomic E-state index is 12.9. The number of rotatable bonds is 15. The van der Waals surface area contributed by atoms with E-state index in [-0.39, 0.29) is 45.9 Å². The molecule has 21 heteroatoms. The zero-order valence-corrected chi connectivity index (χ0v) is 28.3. The topological polar surface area (TPSA) is 290 Å². The van der Waals surface area contributed by atoms with Crippen LogP contribution in [-0.2, 0) is 30.3 Å². The van der Waals surface area contributed by atoms with E-state index in [0.29, 0.717) is 16.9 Å². The minimum Gasteiger partial charge on any atom is -0.505 e. The van der Waals surface area contributed by atoms with Crippen LogP contribution in [0, 0.1) is 6.92 Å². The van der Waals surface area contributed by atoms with Gasteiger partial charge < -0.3 is 36.6 Å². The smallest absolute Gasteiger partial charge is 0.296 e. The van der Waals surface area contributed by atoms with Crippen molar-refractivity contribution >= 4 is 69.5 Å². The number of nitrogens with two attached hydrogens (primary N) is 1. The number of hydrazine groups is 2. The number of sulfonamides is 1. The molecule has 0 aromatic heterocycles. The van der Waals surface area contributed by atoms with E-state index in [1.165, 1.54) is 31.4 Å². The number of hydrogen-bond acceptors (Lipinski definition) is 15. The van der Waals surface area contributed by atoms with Crippen molar-refractivity contribution in [3.05, 3.63) is 60.2 Å². The van der Waals surface area contributed by atoms with Crippen LogP contribution in [0.2, 0.25) is 0 Å². The lowest BCUT2D eigenvalue weighted by Crippen LogP contribution is -2.35. The van der Waals surface area contributed by atoms with Gasteiger partial charge in [0, 0.05) is 30.2 Å². The maximum absolute atomic E-state index is 12.9. The molecular formula is C28H34N6O12S3. The van der Waals surface area contributed by atoms with Gasteiger partial charge in [-0.15, -0.1) is 0 Å². The molecule has 0 saturated carbocycles. The van der Waals surface area contributed by atoms with Crippen LogP contribution in [0.5, 0.6) is 11.5 Å². The highest BCUT2D eigenvalue weighted by molar-refractivity contribution is 7.89. The van der Waals surface area contributed by atoms with Crippen molar-refractivity contribution in [3.8, 4) is 11.5 Å². The van der Waals surface area contributed by atoms with Crippen LogP contribution in [0.15, 0.2) is 69.3 Å². The Balaban J connectivity index is 1.58. The predicted molar refractivity (Wildman–Crippen MR) is 181 cm³/mol. The van der Waals surface area contributed by atoms with Crippen LogP contribution in [-0.4, -0.2) is 87.4 Å².